The van der Waals surface area contributed by atoms with E-state index in [1.807, 2.05) is 0 Å². The van der Waals surface area contributed by atoms with E-state index in [1.54, 1.807) is 0 Å². The summed E-state index contributed by atoms with van der Waals surface area (Å²) in [5.74, 6) is 1.13. The fourth-order valence-corrected chi connectivity index (χ4v) is 2.20. The van der Waals surface area contributed by atoms with E-state index in [9.17, 15) is 4.79 Å². The van der Waals surface area contributed by atoms with Crippen LogP contribution in [0, 0.1) is 11.8 Å². The summed E-state index contributed by atoms with van der Waals surface area (Å²) in [6.45, 7) is 3.08. The van der Waals surface area contributed by atoms with Crippen molar-refractivity contribution in [2.75, 3.05) is 27.7 Å². The quantitative estimate of drug-likeness (QED) is 0.597. The van der Waals surface area contributed by atoms with E-state index in [-0.39, 0.29) is 0 Å². The molecule has 0 radical (unpaired) electrons. The number of Topliss-reactive ketones (excluding diaryl/α,β-unsaturated/α-hetero) is 1. The average molecular weight is 184 g/mol. The maximum atomic E-state index is 11.8. The first-order valence-corrected chi connectivity index (χ1v) is 5.24. The summed E-state index contributed by atoms with van der Waals surface area (Å²) in [5, 5.41) is 0. The lowest BCUT2D eigenvalue weighted by Gasteiger charge is -2.32. The topological polar surface area (TPSA) is 17.1 Å². The monoisotopic (exact) mass is 184 g/mol. The van der Waals surface area contributed by atoms with Gasteiger partial charge in [0.2, 0.25) is 0 Å². The molecule has 1 aliphatic rings. The minimum absolute atomic E-state index is 0.310. The predicted octanol–water partition coefficient (Wildman–Crippen LogP) is 1.70. The van der Waals surface area contributed by atoms with E-state index in [0.29, 0.717) is 17.6 Å². The second kappa shape index (κ2) is 3.79. The Bertz CT molecular complexity index is 193. The Morgan fingerprint density at radius 2 is 1.92 bits per heavy atom. The van der Waals surface area contributed by atoms with E-state index in [0.717, 1.165) is 23.9 Å². The van der Waals surface area contributed by atoms with Crippen LogP contribution < -0.4 is 0 Å². The molecular formula is C11H22NO+. The highest BCUT2D eigenvalue weighted by Gasteiger charge is 2.31. The summed E-state index contributed by atoms with van der Waals surface area (Å²) in [4.78, 5) is 11.8. The molecule has 0 N–H and O–H groups in total. The van der Waals surface area contributed by atoms with Gasteiger partial charge in [-0.2, -0.15) is 0 Å². The summed E-state index contributed by atoms with van der Waals surface area (Å²) < 4.78 is 0.906. The van der Waals surface area contributed by atoms with Crippen LogP contribution >= 0.6 is 0 Å². The van der Waals surface area contributed by atoms with Gasteiger partial charge < -0.3 is 4.48 Å². The molecule has 0 heterocycles. The molecule has 1 fully saturated rings. The zero-order valence-corrected chi connectivity index (χ0v) is 9.34. The Labute approximate surface area is 81.5 Å². The highest BCUT2D eigenvalue weighted by Crippen LogP contribution is 2.26. The number of carbonyl (C=O) groups is 1. The summed E-state index contributed by atoms with van der Waals surface area (Å²) in [5.41, 5.74) is 0. The third kappa shape index (κ3) is 3.11. The number of hydrogen-bond donors (Lipinski definition) is 0. The molecule has 0 aromatic heterocycles. The molecule has 2 unspecified atom stereocenters. The first kappa shape index (κ1) is 10.7. The molecule has 0 bridgehead atoms. The van der Waals surface area contributed by atoms with Gasteiger partial charge in [0.15, 0.2) is 0 Å². The van der Waals surface area contributed by atoms with Crippen molar-refractivity contribution in [1.82, 2.24) is 0 Å². The highest BCUT2D eigenvalue weighted by atomic mass is 16.1. The van der Waals surface area contributed by atoms with Crippen molar-refractivity contribution in [1.29, 1.82) is 0 Å². The van der Waals surface area contributed by atoms with Crippen molar-refractivity contribution in [3.05, 3.63) is 0 Å². The molecule has 0 aliphatic heterocycles. The van der Waals surface area contributed by atoms with E-state index in [2.05, 4.69) is 28.1 Å². The summed E-state index contributed by atoms with van der Waals surface area (Å²) in [6.07, 6.45) is 3.45. The smallest absolute Gasteiger partial charge is 0.144 e. The lowest BCUT2D eigenvalue weighted by molar-refractivity contribution is -0.872. The van der Waals surface area contributed by atoms with Crippen LogP contribution in [-0.2, 0) is 4.79 Å². The third-order valence-electron chi connectivity index (χ3n) is 2.85. The van der Waals surface area contributed by atoms with Gasteiger partial charge in [0.1, 0.15) is 5.78 Å². The van der Waals surface area contributed by atoms with Crippen LogP contribution in [0.5, 0.6) is 0 Å². The maximum absolute atomic E-state index is 11.8. The number of rotatable bonds is 2. The van der Waals surface area contributed by atoms with E-state index >= 15 is 0 Å². The van der Waals surface area contributed by atoms with Gasteiger partial charge in [-0.15, -0.1) is 0 Å². The van der Waals surface area contributed by atoms with Crippen LogP contribution in [0.25, 0.3) is 0 Å². The van der Waals surface area contributed by atoms with Gasteiger partial charge in [0.25, 0.3) is 0 Å². The van der Waals surface area contributed by atoms with Crippen molar-refractivity contribution < 1.29 is 9.28 Å². The van der Waals surface area contributed by atoms with E-state index < -0.39 is 0 Å². The Morgan fingerprint density at radius 1 is 1.31 bits per heavy atom. The van der Waals surface area contributed by atoms with Crippen molar-refractivity contribution in [3.63, 3.8) is 0 Å². The molecule has 1 saturated carbocycles. The Balaban J connectivity index is 2.54. The Morgan fingerprint density at radius 3 is 2.46 bits per heavy atom. The number of ketones is 1. The number of carbonyl (C=O) groups excluding carboxylic acids is 1. The standard InChI is InChI=1S/C11H22NO/c1-9-6-5-7-10(11(9)13)8-12(2,3)4/h9-10H,5-8H2,1-4H3/q+1. The predicted molar refractivity (Wildman–Crippen MR) is 54.4 cm³/mol. The van der Waals surface area contributed by atoms with Gasteiger partial charge in [-0.1, -0.05) is 13.3 Å². The van der Waals surface area contributed by atoms with Gasteiger partial charge in [0, 0.05) is 5.92 Å². The molecule has 0 aromatic rings. The molecule has 2 heteroatoms. The largest absolute Gasteiger partial charge is 0.330 e. The third-order valence-corrected chi connectivity index (χ3v) is 2.85. The second-order valence-corrected chi connectivity index (χ2v) is 5.40. The minimum atomic E-state index is 0.310. The molecule has 1 rings (SSSR count). The first-order valence-electron chi connectivity index (χ1n) is 5.24. The van der Waals surface area contributed by atoms with Crippen LogP contribution in [0.4, 0.5) is 0 Å². The number of quaternary nitrogens is 1. The first-order chi connectivity index (χ1) is 5.90. The molecular weight excluding hydrogens is 162 g/mol. The molecule has 76 valence electrons. The normalized spacial score (nSPS) is 30.6. The highest BCUT2D eigenvalue weighted by molar-refractivity contribution is 5.83. The maximum Gasteiger partial charge on any atom is 0.144 e. The molecule has 0 spiro atoms. The molecule has 13 heavy (non-hydrogen) atoms. The van der Waals surface area contributed by atoms with Crippen molar-refractivity contribution >= 4 is 5.78 Å². The number of hydrogen-bond acceptors (Lipinski definition) is 1. The van der Waals surface area contributed by atoms with Gasteiger partial charge in [-0.05, 0) is 12.8 Å². The van der Waals surface area contributed by atoms with Crippen LogP contribution in [0.1, 0.15) is 26.2 Å². The van der Waals surface area contributed by atoms with Crippen LogP contribution in [0.2, 0.25) is 0 Å². The van der Waals surface area contributed by atoms with E-state index in [1.165, 1.54) is 6.42 Å². The molecule has 0 saturated heterocycles. The fourth-order valence-electron chi connectivity index (χ4n) is 2.20. The molecule has 0 amide bonds. The van der Waals surface area contributed by atoms with Gasteiger partial charge in [-0.25, -0.2) is 0 Å². The van der Waals surface area contributed by atoms with Crippen LogP contribution in [0.15, 0.2) is 0 Å². The average Bonchev–Trinajstić information content (AvgIpc) is 1.96. The lowest BCUT2D eigenvalue weighted by Crippen LogP contribution is -2.43. The Kier molecular flexibility index (Phi) is 3.12. The number of nitrogens with zero attached hydrogens (tertiary/aromatic N) is 1. The Hall–Kier alpha value is -0.370. The summed E-state index contributed by atoms with van der Waals surface area (Å²) in [6, 6.07) is 0. The molecule has 2 atom stereocenters. The van der Waals surface area contributed by atoms with Crippen molar-refractivity contribution in [3.8, 4) is 0 Å². The SMILES string of the molecule is CC1CCCC(C[N+](C)(C)C)C1=O. The summed E-state index contributed by atoms with van der Waals surface area (Å²) in [7, 11) is 6.48. The molecule has 2 nitrogen and oxygen atoms in total. The van der Waals surface area contributed by atoms with Crippen LogP contribution in [-0.4, -0.2) is 38.0 Å². The minimum Gasteiger partial charge on any atom is -0.330 e. The fraction of sp³-hybridized carbons (Fsp3) is 0.909. The zero-order chi connectivity index (χ0) is 10.1. The summed E-state index contributed by atoms with van der Waals surface area (Å²) >= 11 is 0. The van der Waals surface area contributed by atoms with Crippen molar-refractivity contribution in [2.24, 2.45) is 11.8 Å². The van der Waals surface area contributed by atoms with Gasteiger partial charge in [0.05, 0.1) is 33.6 Å². The van der Waals surface area contributed by atoms with E-state index in [4.69, 9.17) is 0 Å². The van der Waals surface area contributed by atoms with Crippen molar-refractivity contribution in [2.45, 2.75) is 26.2 Å². The second-order valence-electron chi connectivity index (χ2n) is 5.40. The van der Waals surface area contributed by atoms with Crippen LogP contribution in [0.3, 0.4) is 0 Å². The zero-order valence-electron chi connectivity index (χ0n) is 9.34. The van der Waals surface area contributed by atoms with Gasteiger partial charge in [-0.3, -0.25) is 4.79 Å². The lowest BCUT2D eigenvalue weighted by atomic mass is 9.81. The van der Waals surface area contributed by atoms with Gasteiger partial charge >= 0.3 is 0 Å². The molecule has 1 aliphatic carbocycles. The molecule has 0 aromatic carbocycles.